The maximum absolute atomic E-state index is 3.54. The zero-order valence-electron chi connectivity index (χ0n) is 5.85. The molecule has 1 heteroatoms. The lowest BCUT2D eigenvalue weighted by atomic mass is 10.1. The second-order valence-corrected chi connectivity index (χ2v) is 3.26. The summed E-state index contributed by atoms with van der Waals surface area (Å²) >= 11 is 0. The van der Waals surface area contributed by atoms with Gasteiger partial charge in [-0.3, -0.25) is 0 Å². The highest BCUT2D eigenvalue weighted by molar-refractivity contribution is 5.14. The number of hydrogen-bond acceptors (Lipinski definition) is 1. The molecule has 9 heavy (non-hydrogen) atoms. The molecule has 0 aromatic heterocycles. The molecule has 0 aromatic carbocycles. The molecule has 1 fully saturated rings. The fourth-order valence-electron chi connectivity index (χ4n) is 1.94. The van der Waals surface area contributed by atoms with Gasteiger partial charge in [0.15, 0.2) is 0 Å². The largest absolute Gasteiger partial charge is 0.307 e. The van der Waals surface area contributed by atoms with Gasteiger partial charge in [0, 0.05) is 12.1 Å². The van der Waals surface area contributed by atoms with E-state index in [4.69, 9.17) is 0 Å². The van der Waals surface area contributed by atoms with E-state index in [1.165, 1.54) is 19.3 Å². The smallest absolute Gasteiger partial charge is 0.0255 e. The van der Waals surface area contributed by atoms with Crippen molar-refractivity contribution in [2.45, 2.75) is 38.3 Å². The minimum atomic E-state index is 0.726. The molecule has 0 spiro atoms. The average molecular weight is 123 g/mol. The Morgan fingerprint density at radius 1 is 1.56 bits per heavy atom. The van der Waals surface area contributed by atoms with Crippen molar-refractivity contribution in [3.05, 3.63) is 11.6 Å². The molecule has 0 aromatic rings. The zero-order chi connectivity index (χ0) is 6.27. The number of nitrogens with one attached hydrogen (secondary N) is 1. The normalized spacial score (nSPS) is 40.8. The van der Waals surface area contributed by atoms with Gasteiger partial charge in [-0.1, -0.05) is 11.6 Å². The van der Waals surface area contributed by atoms with Crippen molar-refractivity contribution in [1.29, 1.82) is 0 Å². The van der Waals surface area contributed by atoms with E-state index in [9.17, 15) is 0 Å². The molecular formula is C8H13N. The summed E-state index contributed by atoms with van der Waals surface area (Å²) in [6, 6.07) is 1.55. The highest BCUT2D eigenvalue weighted by Gasteiger charge is 2.25. The third kappa shape index (κ3) is 0.897. The Morgan fingerprint density at radius 3 is 3.22 bits per heavy atom. The van der Waals surface area contributed by atoms with Gasteiger partial charge >= 0.3 is 0 Å². The monoisotopic (exact) mass is 123 g/mol. The molecule has 1 nitrogen and oxygen atoms in total. The van der Waals surface area contributed by atoms with Gasteiger partial charge in [-0.15, -0.1) is 0 Å². The third-order valence-corrected chi connectivity index (χ3v) is 2.33. The lowest BCUT2D eigenvalue weighted by molar-refractivity contribution is 0.549. The van der Waals surface area contributed by atoms with Crippen LogP contribution in [-0.2, 0) is 0 Å². The van der Waals surface area contributed by atoms with Gasteiger partial charge in [-0.05, 0) is 26.2 Å². The van der Waals surface area contributed by atoms with Crippen LogP contribution < -0.4 is 5.32 Å². The maximum Gasteiger partial charge on any atom is 0.0255 e. The second kappa shape index (κ2) is 1.84. The van der Waals surface area contributed by atoms with Crippen LogP contribution >= 0.6 is 0 Å². The van der Waals surface area contributed by atoms with Crippen LogP contribution in [0.3, 0.4) is 0 Å². The van der Waals surface area contributed by atoms with E-state index in [-0.39, 0.29) is 0 Å². The van der Waals surface area contributed by atoms with Crippen LogP contribution in [0.2, 0.25) is 0 Å². The Hall–Kier alpha value is -0.300. The zero-order valence-corrected chi connectivity index (χ0v) is 5.85. The van der Waals surface area contributed by atoms with Gasteiger partial charge in [-0.2, -0.15) is 0 Å². The van der Waals surface area contributed by atoms with Gasteiger partial charge in [-0.25, -0.2) is 0 Å². The Kier molecular flexibility index (Phi) is 1.12. The summed E-state index contributed by atoms with van der Waals surface area (Å²) < 4.78 is 0. The van der Waals surface area contributed by atoms with Gasteiger partial charge in [0.25, 0.3) is 0 Å². The second-order valence-electron chi connectivity index (χ2n) is 3.26. The van der Waals surface area contributed by atoms with Gasteiger partial charge in [0.05, 0.1) is 0 Å². The van der Waals surface area contributed by atoms with Crippen molar-refractivity contribution in [2.24, 2.45) is 0 Å². The van der Waals surface area contributed by atoms with Crippen molar-refractivity contribution >= 4 is 0 Å². The summed E-state index contributed by atoms with van der Waals surface area (Å²) in [5.41, 5.74) is 1.58. The Labute approximate surface area is 56.1 Å². The van der Waals surface area contributed by atoms with E-state index in [0.29, 0.717) is 0 Å². The molecule has 0 amide bonds. The van der Waals surface area contributed by atoms with Crippen molar-refractivity contribution < 1.29 is 0 Å². The molecule has 1 N–H and O–H groups in total. The van der Waals surface area contributed by atoms with Crippen LogP contribution in [0, 0.1) is 0 Å². The molecule has 2 aliphatic rings. The van der Waals surface area contributed by atoms with Crippen LogP contribution in [0.25, 0.3) is 0 Å². The van der Waals surface area contributed by atoms with Crippen molar-refractivity contribution in [1.82, 2.24) is 5.32 Å². The quantitative estimate of drug-likeness (QED) is 0.481. The molecule has 2 aliphatic heterocycles. The van der Waals surface area contributed by atoms with Crippen LogP contribution in [-0.4, -0.2) is 12.1 Å². The van der Waals surface area contributed by atoms with E-state index >= 15 is 0 Å². The summed E-state index contributed by atoms with van der Waals surface area (Å²) in [6.45, 7) is 2.24. The van der Waals surface area contributed by atoms with E-state index in [1.807, 2.05) is 0 Å². The SMILES string of the molecule is CC1=C[C@@H]2CCC(C1)N2. The first-order chi connectivity index (χ1) is 4.34. The first kappa shape index (κ1) is 5.48. The first-order valence-electron chi connectivity index (χ1n) is 3.78. The average Bonchev–Trinajstić information content (AvgIpc) is 2.11. The number of hydrogen-bond donors (Lipinski definition) is 1. The topological polar surface area (TPSA) is 12.0 Å². The summed E-state index contributed by atoms with van der Waals surface area (Å²) in [4.78, 5) is 0. The first-order valence-corrected chi connectivity index (χ1v) is 3.78. The molecular weight excluding hydrogens is 110 g/mol. The number of rotatable bonds is 0. The summed E-state index contributed by atoms with van der Waals surface area (Å²) in [5, 5.41) is 3.54. The molecule has 0 radical (unpaired) electrons. The number of fused-ring (bicyclic) bond motifs is 2. The molecule has 50 valence electrons. The fraction of sp³-hybridized carbons (Fsp3) is 0.750. The Morgan fingerprint density at radius 2 is 2.44 bits per heavy atom. The van der Waals surface area contributed by atoms with Gasteiger partial charge < -0.3 is 5.32 Å². The van der Waals surface area contributed by atoms with Crippen molar-refractivity contribution in [3.8, 4) is 0 Å². The summed E-state index contributed by atoms with van der Waals surface area (Å²) in [7, 11) is 0. The van der Waals surface area contributed by atoms with E-state index in [0.717, 1.165) is 12.1 Å². The molecule has 2 heterocycles. The predicted octanol–water partition coefficient (Wildman–Crippen LogP) is 1.46. The molecule has 1 unspecified atom stereocenters. The van der Waals surface area contributed by atoms with Gasteiger partial charge in [0.2, 0.25) is 0 Å². The molecule has 2 bridgehead atoms. The standard InChI is InChI=1S/C8H13N/c1-6-4-7-2-3-8(5-6)9-7/h4,7-9H,2-3,5H2,1H3/t7-,8?/m0/s1. The third-order valence-electron chi connectivity index (χ3n) is 2.33. The minimum absolute atomic E-state index is 0.726. The predicted molar refractivity (Wildman–Crippen MR) is 38.3 cm³/mol. The highest BCUT2D eigenvalue weighted by Crippen LogP contribution is 2.25. The van der Waals surface area contributed by atoms with E-state index in [1.54, 1.807) is 5.57 Å². The van der Waals surface area contributed by atoms with Crippen LogP contribution in [0.4, 0.5) is 0 Å². The van der Waals surface area contributed by atoms with E-state index < -0.39 is 0 Å². The lowest BCUT2D eigenvalue weighted by Gasteiger charge is -2.18. The van der Waals surface area contributed by atoms with Crippen LogP contribution in [0.1, 0.15) is 26.2 Å². The van der Waals surface area contributed by atoms with Crippen LogP contribution in [0.5, 0.6) is 0 Å². The molecule has 0 saturated carbocycles. The van der Waals surface area contributed by atoms with Crippen LogP contribution in [0.15, 0.2) is 11.6 Å². The van der Waals surface area contributed by atoms with Gasteiger partial charge in [0.1, 0.15) is 0 Å². The van der Waals surface area contributed by atoms with E-state index in [2.05, 4.69) is 18.3 Å². The highest BCUT2D eigenvalue weighted by atomic mass is 15.0. The maximum atomic E-state index is 3.54. The summed E-state index contributed by atoms with van der Waals surface area (Å²) in [6.07, 6.45) is 6.42. The van der Waals surface area contributed by atoms with Crippen molar-refractivity contribution in [2.75, 3.05) is 0 Å². The molecule has 1 saturated heterocycles. The molecule has 2 atom stereocenters. The Balaban J connectivity index is 2.19. The summed E-state index contributed by atoms with van der Waals surface area (Å²) in [5.74, 6) is 0. The van der Waals surface area contributed by atoms with Crippen molar-refractivity contribution in [3.63, 3.8) is 0 Å². The molecule has 2 rings (SSSR count). The molecule has 0 aliphatic carbocycles. The lowest BCUT2D eigenvalue weighted by Crippen LogP contribution is -2.31. The fourth-order valence-corrected chi connectivity index (χ4v) is 1.94. The minimum Gasteiger partial charge on any atom is -0.307 e. The Bertz CT molecular complexity index is 149.